The Balaban J connectivity index is 2.48. The monoisotopic (exact) mass is 121 g/mol. The number of carboxylic acids is 1. The van der Waals surface area contributed by atoms with Crippen LogP contribution in [0.1, 0.15) is 6.42 Å². The molecule has 0 spiro atoms. The SMILES string of the molecule is O=C([O-])[C@@H]1CC1(F)F. The zero-order chi connectivity index (χ0) is 6.36. The second kappa shape index (κ2) is 1.18. The Morgan fingerprint density at radius 3 is 2.12 bits per heavy atom. The van der Waals surface area contributed by atoms with Gasteiger partial charge in [-0.2, -0.15) is 0 Å². The van der Waals surface area contributed by atoms with Gasteiger partial charge in [0.05, 0.1) is 11.9 Å². The Kier molecular flexibility index (Phi) is 0.808. The maximum absolute atomic E-state index is 11.6. The summed E-state index contributed by atoms with van der Waals surface area (Å²) >= 11 is 0. The average Bonchev–Trinajstić information content (AvgIpc) is 2.13. The standard InChI is InChI=1S/C4H4F2O2/c5-4(6)1-2(4)3(7)8/h2H,1H2,(H,7,8)/p-1/t2-/m0/s1. The third kappa shape index (κ3) is 0.657. The molecule has 4 heteroatoms. The summed E-state index contributed by atoms with van der Waals surface area (Å²) in [4.78, 5) is 9.59. The van der Waals surface area contributed by atoms with Crippen molar-refractivity contribution >= 4 is 5.97 Å². The van der Waals surface area contributed by atoms with Crippen LogP contribution in [-0.2, 0) is 4.79 Å². The van der Waals surface area contributed by atoms with Crippen molar-refractivity contribution in [1.29, 1.82) is 0 Å². The van der Waals surface area contributed by atoms with E-state index in [0.29, 0.717) is 0 Å². The average molecular weight is 121 g/mol. The molecule has 1 aliphatic rings. The van der Waals surface area contributed by atoms with Gasteiger partial charge < -0.3 is 9.90 Å². The molecule has 0 aromatic heterocycles. The fourth-order valence-corrected chi connectivity index (χ4v) is 0.469. The van der Waals surface area contributed by atoms with E-state index in [1.807, 2.05) is 0 Å². The first-order valence-electron chi connectivity index (χ1n) is 2.13. The van der Waals surface area contributed by atoms with Crippen molar-refractivity contribution in [2.24, 2.45) is 5.92 Å². The van der Waals surface area contributed by atoms with Crippen molar-refractivity contribution in [3.05, 3.63) is 0 Å². The number of carboxylic acid groups (broad SMARTS) is 1. The summed E-state index contributed by atoms with van der Waals surface area (Å²) < 4.78 is 23.3. The van der Waals surface area contributed by atoms with E-state index in [1.165, 1.54) is 0 Å². The highest BCUT2D eigenvalue weighted by molar-refractivity contribution is 5.72. The molecule has 0 bridgehead atoms. The van der Waals surface area contributed by atoms with E-state index in [1.54, 1.807) is 0 Å². The van der Waals surface area contributed by atoms with Crippen molar-refractivity contribution in [3.8, 4) is 0 Å². The Labute approximate surface area is 44.1 Å². The van der Waals surface area contributed by atoms with Crippen LogP contribution in [0.15, 0.2) is 0 Å². The topological polar surface area (TPSA) is 40.1 Å². The van der Waals surface area contributed by atoms with E-state index in [0.717, 1.165) is 0 Å². The zero-order valence-corrected chi connectivity index (χ0v) is 3.86. The number of halogens is 2. The van der Waals surface area contributed by atoms with Crippen LogP contribution in [0, 0.1) is 5.92 Å². The molecule has 0 saturated heterocycles. The lowest BCUT2D eigenvalue weighted by molar-refractivity contribution is -0.309. The van der Waals surface area contributed by atoms with Crippen LogP contribution in [-0.4, -0.2) is 11.9 Å². The van der Waals surface area contributed by atoms with Crippen molar-refractivity contribution in [3.63, 3.8) is 0 Å². The van der Waals surface area contributed by atoms with E-state index >= 15 is 0 Å². The summed E-state index contributed by atoms with van der Waals surface area (Å²) in [5.41, 5.74) is 0. The zero-order valence-electron chi connectivity index (χ0n) is 3.86. The normalized spacial score (nSPS) is 32.0. The van der Waals surface area contributed by atoms with E-state index < -0.39 is 24.2 Å². The van der Waals surface area contributed by atoms with Gasteiger partial charge in [0.25, 0.3) is 5.92 Å². The molecule has 0 amide bonds. The first-order valence-corrected chi connectivity index (χ1v) is 2.13. The highest BCUT2D eigenvalue weighted by atomic mass is 19.3. The fourth-order valence-electron chi connectivity index (χ4n) is 0.469. The third-order valence-electron chi connectivity index (χ3n) is 1.11. The van der Waals surface area contributed by atoms with E-state index in [9.17, 15) is 18.7 Å². The molecule has 1 rings (SSSR count). The molecule has 1 fully saturated rings. The number of carbonyl (C=O) groups excluding carboxylic acids is 1. The van der Waals surface area contributed by atoms with Crippen LogP contribution in [0.25, 0.3) is 0 Å². The largest absolute Gasteiger partial charge is 0.550 e. The van der Waals surface area contributed by atoms with Crippen LogP contribution in [0.3, 0.4) is 0 Å². The Bertz CT molecular complexity index is 132. The molecule has 0 unspecified atom stereocenters. The second-order valence-electron chi connectivity index (χ2n) is 1.84. The lowest BCUT2D eigenvalue weighted by atomic mass is 10.4. The molecule has 0 radical (unpaired) electrons. The summed E-state index contributed by atoms with van der Waals surface area (Å²) in [6.45, 7) is 0. The highest BCUT2D eigenvalue weighted by Gasteiger charge is 2.57. The van der Waals surface area contributed by atoms with Crippen LogP contribution in [0.4, 0.5) is 8.78 Å². The number of carbonyl (C=O) groups is 1. The predicted octanol–water partition coefficient (Wildman–Crippen LogP) is -0.608. The molecular weight excluding hydrogens is 118 g/mol. The van der Waals surface area contributed by atoms with E-state index in [-0.39, 0.29) is 0 Å². The Hall–Kier alpha value is -0.670. The van der Waals surface area contributed by atoms with Gasteiger partial charge in [-0.3, -0.25) is 0 Å². The molecule has 1 aliphatic carbocycles. The Morgan fingerprint density at radius 1 is 1.75 bits per heavy atom. The van der Waals surface area contributed by atoms with Gasteiger partial charge in [0.15, 0.2) is 0 Å². The maximum Gasteiger partial charge on any atom is 0.257 e. The number of aliphatic carboxylic acids is 1. The fraction of sp³-hybridized carbons (Fsp3) is 0.750. The molecule has 8 heavy (non-hydrogen) atoms. The number of hydrogen-bond acceptors (Lipinski definition) is 2. The van der Waals surface area contributed by atoms with Crippen molar-refractivity contribution < 1.29 is 18.7 Å². The van der Waals surface area contributed by atoms with Gasteiger partial charge in [-0.05, 0) is 0 Å². The van der Waals surface area contributed by atoms with Gasteiger partial charge in [0, 0.05) is 6.42 Å². The van der Waals surface area contributed by atoms with Crippen molar-refractivity contribution in [2.45, 2.75) is 12.3 Å². The van der Waals surface area contributed by atoms with Crippen molar-refractivity contribution in [1.82, 2.24) is 0 Å². The number of hydrogen-bond donors (Lipinski definition) is 0. The van der Waals surface area contributed by atoms with Gasteiger partial charge in [-0.1, -0.05) is 0 Å². The summed E-state index contributed by atoms with van der Waals surface area (Å²) in [6.07, 6.45) is -0.546. The first kappa shape index (κ1) is 5.47. The maximum atomic E-state index is 11.6. The summed E-state index contributed by atoms with van der Waals surface area (Å²) in [5, 5.41) is 9.59. The quantitative estimate of drug-likeness (QED) is 0.464. The Morgan fingerprint density at radius 2 is 2.12 bits per heavy atom. The minimum absolute atomic E-state index is 0.546. The van der Waals surface area contributed by atoms with Gasteiger partial charge >= 0.3 is 0 Å². The molecule has 1 saturated carbocycles. The van der Waals surface area contributed by atoms with Gasteiger partial charge in [-0.15, -0.1) is 0 Å². The molecular formula is C4H3F2O2-. The van der Waals surface area contributed by atoms with Crippen LogP contribution >= 0.6 is 0 Å². The summed E-state index contributed by atoms with van der Waals surface area (Å²) in [5.74, 6) is -6.13. The van der Waals surface area contributed by atoms with Gasteiger partial charge in [-0.25, -0.2) is 8.78 Å². The summed E-state index contributed by atoms with van der Waals surface area (Å²) in [7, 11) is 0. The second-order valence-corrected chi connectivity index (χ2v) is 1.84. The molecule has 0 aliphatic heterocycles. The molecule has 0 heterocycles. The lowest BCUT2D eigenvalue weighted by Crippen LogP contribution is -2.26. The molecule has 0 aromatic rings. The van der Waals surface area contributed by atoms with Crippen LogP contribution in [0.2, 0.25) is 0 Å². The predicted molar refractivity (Wildman–Crippen MR) is 18.1 cm³/mol. The van der Waals surface area contributed by atoms with Gasteiger partial charge in [0.2, 0.25) is 0 Å². The van der Waals surface area contributed by atoms with Crippen LogP contribution < -0.4 is 5.11 Å². The van der Waals surface area contributed by atoms with E-state index in [2.05, 4.69) is 0 Å². The minimum atomic E-state index is -2.97. The molecule has 0 aromatic carbocycles. The van der Waals surface area contributed by atoms with Crippen LogP contribution in [0.5, 0.6) is 0 Å². The molecule has 46 valence electrons. The first-order chi connectivity index (χ1) is 3.54. The molecule has 1 atom stereocenters. The number of rotatable bonds is 1. The van der Waals surface area contributed by atoms with Crippen molar-refractivity contribution in [2.75, 3.05) is 0 Å². The number of alkyl halides is 2. The lowest BCUT2D eigenvalue weighted by Gasteiger charge is -1.95. The van der Waals surface area contributed by atoms with E-state index in [4.69, 9.17) is 0 Å². The smallest absolute Gasteiger partial charge is 0.257 e. The van der Waals surface area contributed by atoms with Gasteiger partial charge in [0.1, 0.15) is 0 Å². The molecule has 0 N–H and O–H groups in total. The minimum Gasteiger partial charge on any atom is -0.550 e. The third-order valence-corrected chi connectivity index (χ3v) is 1.11. The molecule has 2 nitrogen and oxygen atoms in total. The summed E-state index contributed by atoms with van der Waals surface area (Å²) in [6, 6.07) is 0. The highest BCUT2D eigenvalue weighted by Crippen LogP contribution is 2.47.